The lowest BCUT2D eigenvalue weighted by molar-refractivity contribution is -0.136. The Kier molecular flexibility index (Phi) is 6.97. The van der Waals surface area contributed by atoms with E-state index in [4.69, 9.17) is 10.4 Å². The fraction of sp³-hybridized carbons (Fsp3) is 0.185. The number of hydrogen-bond acceptors (Lipinski definition) is 5. The normalized spacial score (nSPS) is 10.7. The van der Waals surface area contributed by atoms with Crippen LogP contribution in [-0.4, -0.2) is 33.1 Å². The van der Waals surface area contributed by atoms with Gasteiger partial charge in [0.1, 0.15) is 11.6 Å². The van der Waals surface area contributed by atoms with Crippen LogP contribution in [0.25, 0.3) is 11.0 Å². The van der Waals surface area contributed by atoms with Crippen LogP contribution in [0.15, 0.2) is 60.7 Å². The molecule has 0 spiro atoms. The summed E-state index contributed by atoms with van der Waals surface area (Å²) < 4.78 is 16.1. The SMILES string of the molecule is Cc1ccc(N(CCC(=O)O)C(=O)c2ccc3c(c2)nc(CNc2ccc(C#N)cc2F)n3C)cc1. The van der Waals surface area contributed by atoms with E-state index in [0.717, 1.165) is 11.1 Å². The third-order valence-electron chi connectivity index (χ3n) is 5.90. The number of carbonyl (C=O) groups excluding carboxylic acids is 1. The third kappa shape index (κ3) is 5.18. The fourth-order valence-electron chi connectivity index (χ4n) is 3.88. The number of aromatic nitrogens is 2. The number of aliphatic carboxylic acids is 1. The van der Waals surface area contributed by atoms with E-state index in [1.807, 2.05) is 36.7 Å². The lowest BCUT2D eigenvalue weighted by Crippen LogP contribution is -2.33. The molecule has 0 radical (unpaired) electrons. The Labute approximate surface area is 207 Å². The number of benzene rings is 3. The van der Waals surface area contributed by atoms with Crippen molar-refractivity contribution in [3.05, 3.63) is 89.0 Å². The van der Waals surface area contributed by atoms with Crippen LogP contribution < -0.4 is 10.2 Å². The van der Waals surface area contributed by atoms with Crippen molar-refractivity contribution in [2.45, 2.75) is 19.9 Å². The molecule has 0 aliphatic carbocycles. The number of nitrogens with one attached hydrogen (secondary N) is 1. The van der Waals surface area contributed by atoms with Gasteiger partial charge in [0, 0.05) is 24.8 Å². The monoisotopic (exact) mass is 485 g/mol. The number of carbonyl (C=O) groups is 2. The Morgan fingerprint density at radius 3 is 2.56 bits per heavy atom. The van der Waals surface area contributed by atoms with Crippen molar-refractivity contribution in [3.8, 4) is 6.07 Å². The zero-order chi connectivity index (χ0) is 25.8. The van der Waals surface area contributed by atoms with Gasteiger partial charge < -0.3 is 19.9 Å². The van der Waals surface area contributed by atoms with E-state index >= 15 is 0 Å². The van der Waals surface area contributed by atoms with Crippen molar-refractivity contribution in [1.82, 2.24) is 9.55 Å². The molecule has 182 valence electrons. The number of anilines is 2. The predicted octanol–water partition coefficient (Wildman–Crippen LogP) is 4.63. The molecule has 9 heteroatoms. The molecular formula is C27H24FN5O3. The molecule has 36 heavy (non-hydrogen) atoms. The van der Waals surface area contributed by atoms with Gasteiger partial charge >= 0.3 is 5.97 Å². The number of rotatable bonds is 8. The summed E-state index contributed by atoms with van der Waals surface area (Å²) in [5.74, 6) is -1.22. The molecule has 0 saturated carbocycles. The molecule has 4 rings (SSSR count). The summed E-state index contributed by atoms with van der Waals surface area (Å²) in [7, 11) is 1.83. The van der Waals surface area contributed by atoms with E-state index in [1.165, 1.54) is 23.1 Å². The van der Waals surface area contributed by atoms with Crippen molar-refractivity contribution in [1.29, 1.82) is 5.26 Å². The van der Waals surface area contributed by atoms with Crippen LogP contribution in [0, 0.1) is 24.1 Å². The lowest BCUT2D eigenvalue weighted by atomic mass is 10.1. The van der Waals surface area contributed by atoms with Crippen molar-refractivity contribution >= 4 is 34.3 Å². The minimum absolute atomic E-state index is 0.0306. The zero-order valence-corrected chi connectivity index (χ0v) is 19.8. The number of fused-ring (bicyclic) bond motifs is 1. The van der Waals surface area contributed by atoms with Gasteiger partial charge in [-0.25, -0.2) is 9.37 Å². The number of amides is 1. The highest BCUT2D eigenvalue weighted by molar-refractivity contribution is 6.07. The van der Waals surface area contributed by atoms with Crippen LogP contribution in [-0.2, 0) is 18.4 Å². The summed E-state index contributed by atoms with van der Waals surface area (Å²) in [5.41, 5.74) is 3.89. The molecule has 0 atom stereocenters. The summed E-state index contributed by atoms with van der Waals surface area (Å²) in [6, 6.07) is 18.6. The van der Waals surface area contributed by atoms with Crippen molar-refractivity contribution in [3.63, 3.8) is 0 Å². The maximum atomic E-state index is 14.2. The van der Waals surface area contributed by atoms with E-state index < -0.39 is 11.8 Å². The largest absolute Gasteiger partial charge is 0.481 e. The molecular weight excluding hydrogens is 461 g/mol. The average Bonchev–Trinajstić information content (AvgIpc) is 3.18. The molecule has 4 aromatic rings. The van der Waals surface area contributed by atoms with Gasteiger partial charge in [0.25, 0.3) is 5.91 Å². The topological polar surface area (TPSA) is 111 Å². The highest BCUT2D eigenvalue weighted by Gasteiger charge is 2.20. The van der Waals surface area contributed by atoms with Gasteiger partial charge in [-0.3, -0.25) is 9.59 Å². The quantitative estimate of drug-likeness (QED) is 0.377. The summed E-state index contributed by atoms with van der Waals surface area (Å²) in [4.78, 5) is 30.7. The molecule has 8 nitrogen and oxygen atoms in total. The number of nitriles is 1. The first-order chi connectivity index (χ1) is 17.3. The minimum Gasteiger partial charge on any atom is -0.481 e. The predicted molar refractivity (Wildman–Crippen MR) is 134 cm³/mol. The molecule has 0 saturated heterocycles. The van der Waals surface area contributed by atoms with Crippen molar-refractivity contribution in [2.75, 3.05) is 16.8 Å². The molecule has 0 unspecified atom stereocenters. The maximum absolute atomic E-state index is 14.2. The molecule has 0 fully saturated rings. The first-order valence-corrected chi connectivity index (χ1v) is 11.3. The van der Waals surface area contributed by atoms with E-state index in [1.54, 1.807) is 30.3 Å². The van der Waals surface area contributed by atoms with E-state index in [0.29, 0.717) is 22.6 Å². The van der Waals surface area contributed by atoms with Crippen molar-refractivity contribution in [2.24, 2.45) is 7.05 Å². The zero-order valence-electron chi connectivity index (χ0n) is 19.8. The number of imidazole rings is 1. The lowest BCUT2D eigenvalue weighted by Gasteiger charge is -2.22. The van der Waals surface area contributed by atoms with Gasteiger partial charge in [-0.05, 0) is 55.5 Å². The van der Waals surface area contributed by atoms with E-state index in [-0.39, 0.29) is 36.7 Å². The average molecular weight is 486 g/mol. The van der Waals surface area contributed by atoms with Gasteiger partial charge in [0.2, 0.25) is 0 Å². The first-order valence-electron chi connectivity index (χ1n) is 11.3. The Morgan fingerprint density at radius 1 is 1.14 bits per heavy atom. The highest BCUT2D eigenvalue weighted by atomic mass is 19.1. The molecule has 1 aromatic heterocycles. The molecule has 1 amide bonds. The summed E-state index contributed by atoms with van der Waals surface area (Å²) in [5, 5.41) is 21.1. The second-order valence-electron chi connectivity index (χ2n) is 8.39. The summed E-state index contributed by atoms with van der Waals surface area (Å²) >= 11 is 0. The van der Waals surface area contributed by atoms with Crippen LogP contribution in [0.1, 0.15) is 33.7 Å². The number of aryl methyl sites for hydroxylation is 2. The smallest absolute Gasteiger partial charge is 0.305 e. The fourth-order valence-corrected chi connectivity index (χ4v) is 3.88. The number of carboxylic acid groups (broad SMARTS) is 1. The molecule has 0 bridgehead atoms. The number of hydrogen-bond donors (Lipinski definition) is 2. The van der Waals surface area contributed by atoms with Gasteiger partial charge in [-0.15, -0.1) is 0 Å². The molecule has 0 aliphatic heterocycles. The number of halogens is 1. The minimum atomic E-state index is -0.990. The summed E-state index contributed by atoms with van der Waals surface area (Å²) in [6.45, 7) is 2.19. The summed E-state index contributed by atoms with van der Waals surface area (Å²) in [6.07, 6.45) is -0.187. The Balaban J connectivity index is 1.59. The third-order valence-corrected chi connectivity index (χ3v) is 5.90. The second-order valence-corrected chi connectivity index (χ2v) is 8.39. The number of carboxylic acids is 1. The Hall–Kier alpha value is -4.71. The molecule has 1 heterocycles. The van der Waals surface area contributed by atoms with Crippen LogP contribution >= 0.6 is 0 Å². The van der Waals surface area contributed by atoms with Gasteiger partial charge in [-0.2, -0.15) is 5.26 Å². The van der Waals surface area contributed by atoms with Gasteiger partial charge in [0.15, 0.2) is 0 Å². The highest BCUT2D eigenvalue weighted by Crippen LogP contribution is 2.23. The Morgan fingerprint density at radius 2 is 1.89 bits per heavy atom. The standard InChI is InChI=1S/C27H24FN5O3/c1-17-3-7-20(8-4-17)33(12-11-26(34)35)27(36)19-6-10-24-23(14-19)31-25(32(24)2)16-30-22-9-5-18(15-29)13-21(22)28/h3-10,13-14,30H,11-12,16H2,1-2H3,(H,34,35). The van der Waals surface area contributed by atoms with Crippen LogP contribution in [0.2, 0.25) is 0 Å². The van der Waals surface area contributed by atoms with E-state index in [2.05, 4.69) is 10.3 Å². The second kappa shape index (κ2) is 10.3. The van der Waals surface area contributed by atoms with Crippen molar-refractivity contribution < 1.29 is 19.1 Å². The molecule has 0 aliphatic rings. The first kappa shape index (κ1) is 24.4. The van der Waals surface area contributed by atoms with E-state index in [9.17, 15) is 14.0 Å². The molecule has 3 aromatic carbocycles. The van der Waals surface area contributed by atoms with Crippen LogP contribution in [0.4, 0.5) is 15.8 Å². The van der Waals surface area contributed by atoms with Crippen LogP contribution in [0.5, 0.6) is 0 Å². The molecule has 2 N–H and O–H groups in total. The number of nitrogens with zero attached hydrogens (tertiary/aromatic N) is 4. The Bertz CT molecular complexity index is 1490. The van der Waals surface area contributed by atoms with Gasteiger partial charge in [0.05, 0.1) is 41.3 Å². The van der Waals surface area contributed by atoms with Crippen LogP contribution in [0.3, 0.4) is 0 Å². The van der Waals surface area contributed by atoms with Gasteiger partial charge in [-0.1, -0.05) is 17.7 Å². The maximum Gasteiger partial charge on any atom is 0.305 e.